The maximum absolute atomic E-state index is 13.7. The lowest BCUT2D eigenvalue weighted by molar-refractivity contribution is -0.137. The Morgan fingerprint density at radius 3 is 2.31 bits per heavy atom. The molecule has 3 aromatic carbocycles. The van der Waals surface area contributed by atoms with Crippen LogP contribution in [0, 0.1) is 5.82 Å². The van der Waals surface area contributed by atoms with E-state index in [4.69, 9.17) is 27.9 Å². The minimum atomic E-state index is -4.72. The molecule has 1 atom stereocenters. The van der Waals surface area contributed by atoms with Crippen LogP contribution >= 0.6 is 23.2 Å². The second kappa shape index (κ2) is 9.48. The zero-order valence-electron chi connectivity index (χ0n) is 18.2. The molecule has 1 heterocycles. The molecule has 11 heteroatoms. The molecule has 1 fully saturated rings. The summed E-state index contributed by atoms with van der Waals surface area (Å²) >= 11 is 12.2. The summed E-state index contributed by atoms with van der Waals surface area (Å²) < 4.78 is 59.0. The number of halogens is 6. The van der Waals surface area contributed by atoms with Crippen LogP contribution in [-0.4, -0.2) is 23.9 Å². The maximum atomic E-state index is 13.7. The van der Waals surface area contributed by atoms with Crippen molar-refractivity contribution in [1.29, 1.82) is 0 Å². The van der Waals surface area contributed by atoms with Crippen molar-refractivity contribution in [2.45, 2.75) is 12.2 Å². The first-order valence-corrected chi connectivity index (χ1v) is 11.0. The lowest BCUT2D eigenvalue weighted by atomic mass is 9.94. The third kappa shape index (κ3) is 4.52. The Morgan fingerprint density at radius 1 is 1.03 bits per heavy atom. The fourth-order valence-corrected chi connectivity index (χ4v) is 4.55. The number of alkyl halides is 3. The summed E-state index contributed by atoms with van der Waals surface area (Å²) in [5.74, 6) is -3.78. The molecular weight excluding hydrogens is 525 g/mol. The van der Waals surface area contributed by atoms with Crippen LogP contribution in [0.2, 0.25) is 10.0 Å². The first-order chi connectivity index (χ1) is 16.9. The molecular formula is C25H15Cl2F4NO4. The predicted octanol–water partition coefficient (Wildman–Crippen LogP) is 6.79. The second-order valence-corrected chi connectivity index (χ2v) is 8.58. The number of aliphatic hydroxyl groups is 1. The topological polar surface area (TPSA) is 66.8 Å². The lowest BCUT2D eigenvalue weighted by Gasteiger charge is -2.26. The number of carbonyl (C=O) groups excluding carboxylic acids is 2. The van der Waals surface area contributed by atoms with Crippen LogP contribution in [0.3, 0.4) is 0 Å². The normalized spacial score (nSPS) is 17.5. The van der Waals surface area contributed by atoms with Crippen LogP contribution in [0.5, 0.6) is 5.75 Å². The van der Waals surface area contributed by atoms with Gasteiger partial charge in [0.05, 0.1) is 34.9 Å². The molecule has 1 aliphatic rings. The highest BCUT2D eigenvalue weighted by atomic mass is 35.5. The Bertz CT molecular complexity index is 1400. The fraction of sp³-hybridized carbons (Fsp3) is 0.120. The molecule has 5 nitrogen and oxygen atoms in total. The first-order valence-electron chi connectivity index (χ1n) is 10.2. The van der Waals surface area contributed by atoms with Gasteiger partial charge in [-0.3, -0.25) is 14.5 Å². The third-order valence-corrected chi connectivity index (χ3v) is 6.05. The van der Waals surface area contributed by atoms with Crippen LogP contribution in [0.4, 0.5) is 23.2 Å². The fourth-order valence-electron chi connectivity index (χ4n) is 3.98. The van der Waals surface area contributed by atoms with Crippen molar-refractivity contribution in [2.75, 3.05) is 12.0 Å². The number of hydrogen-bond acceptors (Lipinski definition) is 4. The largest absolute Gasteiger partial charge is 0.507 e. The summed E-state index contributed by atoms with van der Waals surface area (Å²) in [5, 5.41) is 11.3. The number of rotatable bonds is 4. The summed E-state index contributed by atoms with van der Waals surface area (Å²) in [6, 6.07) is 9.60. The number of carbonyl (C=O) groups is 2. The van der Waals surface area contributed by atoms with Crippen molar-refractivity contribution >= 4 is 46.3 Å². The van der Waals surface area contributed by atoms with Crippen molar-refractivity contribution in [2.24, 2.45) is 0 Å². The quantitative estimate of drug-likeness (QED) is 0.171. The van der Waals surface area contributed by atoms with E-state index in [0.29, 0.717) is 6.07 Å². The Hall–Kier alpha value is -3.56. The molecule has 1 N–H and O–H groups in total. The predicted molar refractivity (Wildman–Crippen MR) is 126 cm³/mol. The average Bonchev–Trinajstić information content (AvgIpc) is 3.08. The van der Waals surface area contributed by atoms with Gasteiger partial charge >= 0.3 is 6.18 Å². The van der Waals surface area contributed by atoms with E-state index in [1.165, 1.54) is 37.4 Å². The van der Waals surface area contributed by atoms with Crippen molar-refractivity contribution in [1.82, 2.24) is 0 Å². The van der Waals surface area contributed by atoms with Gasteiger partial charge in [0, 0.05) is 10.7 Å². The Kier molecular flexibility index (Phi) is 6.72. The maximum Gasteiger partial charge on any atom is 0.416 e. The van der Waals surface area contributed by atoms with Gasteiger partial charge in [-0.15, -0.1) is 0 Å². The zero-order valence-corrected chi connectivity index (χ0v) is 19.7. The highest BCUT2D eigenvalue weighted by Crippen LogP contribution is 2.45. The van der Waals surface area contributed by atoms with Crippen LogP contribution in [0.1, 0.15) is 22.7 Å². The molecule has 36 heavy (non-hydrogen) atoms. The molecule has 1 amide bonds. The second-order valence-electron chi connectivity index (χ2n) is 7.74. The van der Waals surface area contributed by atoms with E-state index in [1.54, 1.807) is 0 Å². The van der Waals surface area contributed by atoms with Gasteiger partial charge in [-0.25, -0.2) is 4.39 Å². The average molecular weight is 540 g/mol. The van der Waals surface area contributed by atoms with Crippen molar-refractivity contribution in [3.05, 3.63) is 98.8 Å². The number of hydrogen-bond donors (Lipinski definition) is 1. The van der Waals surface area contributed by atoms with E-state index in [9.17, 15) is 32.3 Å². The minimum absolute atomic E-state index is 0.00279. The summed E-state index contributed by atoms with van der Waals surface area (Å²) in [6.07, 6.45) is -4.72. The summed E-state index contributed by atoms with van der Waals surface area (Å²) in [6.45, 7) is 0. The number of nitrogens with zero attached hydrogens (tertiary/aromatic N) is 1. The molecule has 0 radical (unpaired) electrons. The number of ether oxygens (including phenoxy) is 1. The van der Waals surface area contributed by atoms with Gasteiger partial charge < -0.3 is 9.84 Å². The van der Waals surface area contributed by atoms with Gasteiger partial charge in [-0.2, -0.15) is 13.2 Å². The van der Waals surface area contributed by atoms with Gasteiger partial charge in [0.2, 0.25) is 0 Å². The van der Waals surface area contributed by atoms with E-state index in [2.05, 4.69) is 0 Å². The molecule has 186 valence electrons. The summed E-state index contributed by atoms with van der Waals surface area (Å²) in [7, 11) is 1.25. The van der Waals surface area contributed by atoms with Gasteiger partial charge in [0.1, 0.15) is 17.3 Å². The molecule has 0 saturated carbocycles. The molecule has 3 aromatic rings. The van der Waals surface area contributed by atoms with Gasteiger partial charge in [0.15, 0.2) is 0 Å². The smallest absolute Gasteiger partial charge is 0.416 e. The number of Topliss-reactive ketones (excluding diaryl/α,β-unsaturated/α-hetero) is 1. The lowest BCUT2D eigenvalue weighted by Crippen LogP contribution is -2.29. The van der Waals surface area contributed by atoms with E-state index < -0.39 is 46.6 Å². The number of anilines is 1. The van der Waals surface area contributed by atoms with Crippen LogP contribution in [0.15, 0.2) is 66.2 Å². The number of benzene rings is 3. The standard InChI is InChI=1S/C25H15Cl2F4NO4/c1-36-23-17(10-14(26)11-18(23)27)21(33)19-20(12-5-7-15(28)8-6-12)32(24(35)22(19)34)16-4-2-3-13(9-16)25(29,30)31/h2-11,20,33H,1H3/b21-19+. The highest BCUT2D eigenvalue weighted by molar-refractivity contribution is 6.52. The van der Waals surface area contributed by atoms with E-state index >= 15 is 0 Å². The van der Waals surface area contributed by atoms with Gasteiger partial charge in [-0.05, 0) is 48.0 Å². The number of methoxy groups -OCH3 is 1. The third-order valence-electron chi connectivity index (χ3n) is 5.55. The molecule has 1 saturated heterocycles. The zero-order chi connectivity index (χ0) is 26.4. The SMILES string of the molecule is COc1c(Cl)cc(Cl)cc1/C(O)=C1\C(=O)C(=O)N(c2cccc(C(F)(F)F)c2)C1c1ccc(F)cc1. The molecule has 1 unspecified atom stereocenters. The van der Waals surface area contributed by atoms with Gasteiger partial charge in [0.25, 0.3) is 11.7 Å². The van der Waals surface area contributed by atoms with Crippen molar-refractivity contribution in [3.63, 3.8) is 0 Å². The molecule has 0 bridgehead atoms. The van der Waals surface area contributed by atoms with E-state index in [0.717, 1.165) is 29.2 Å². The number of ketones is 1. The monoisotopic (exact) mass is 539 g/mol. The first kappa shape index (κ1) is 25.5. The van der Waals surface area contributed by atoms with E-state index in [-0.39, 0.29) is 32.6 Å². The van der Waals surface area contributed by atoms with Crippen molar-refractivity contribution in [3.8, 4) is 5.75 Å². The highest BCUT2D eigenvalue weighted by Gasteiger charge is 2.47. The van der Waals surface area contributed by atoms with Crippen LogP contribution in [0.25, 0.3) is 5.76 Å². The Morgan fingerprint density at radius 2 is 1.69 bits per heavy atom. The number of amides is 1. The minimum Gasteiger partial charge on any atom is -0.507 e. The summed E-state index contributed by atoms with van der Waals surface area (Å²) in [5.41, 5.74) is -1.74. The Labute approximate surface area is 212 Å². The van der Waals surface area contributed by atoms with E-state index in [1.807, 2.05) is 0 Å². The Balaban J connectivity index is 2.00. The molecule has 0 aliphatic carbocycles. The molecule has 1 aliphatic heterocycles. The number of aliphatic hydroxyl groups excluding tert-OH is 1. The van der Waals surface area contributed by atoms with Crippen LogP contribution in [-0.2, 0) is 15.8 Å². The molecule has 0 spiro atoms. The molecule has 4 rings (SSSR count). The van der Waals surface area contributed by atoms with Gasteiger partial charge in [-0.1, -0.05) is 41.4 Å². The van der Waals surface area contributed by atoms with Crippen molar-refractivity contribution < 1.29 is 37.0 Å². The summed E-state index contributed by atoms with van der Waals surface area (Å²) in [4.78, 5) is 27.2. The van der Waals surface area contributed by atoms with Crippen LogP contribution < -0.4 is 9.64 Å². The molecule has 0 aromatic heterocycles.